The van der Waals surface area contributed by atoms with Gasteiger partial charge in [0.1, 0.15) is 5.75 Å². The van der Waals surface area contributed by atoms with E-state index in [-0.39, 0.29) is 0 Å². The van der Waals surface area contributed by atoms with Crippen LogP contribution >= 0.6 is 0 Å². The van der Waals surface area contributed by atoms with Crippen LogP contribution in [0, 0.1) is 13.8 Å². The summed E-state index contributed by atoms with van der Waals surface area (Å²) < 4.78 is 1.82. The molecule has 1 aromatic heterocycles. The third-order valence-electron chi connectivity index (χ3n) is 3.07. The molecule has 2 rings (SSSR count). The maximum absolute atomic E-state index is 9.90. The van der Waals surface area contributed by atoms with Crippen LogP contribution in [0.3, 0.4) is 0 Å². The molecule has 0 saturated heterocycles. The van der Waals surface area contributed by atoms with Gasteiger partial charge in [0, 0.05) is 37.5 Å². The number of nitrogens with one attached hydrogen (secondary N) is 1. The van der Waals surface area contributed by atoms with E-state index in [1.54, 1.807) is 0 Å². The van der Waals surface area contributed by atoms with Crippen molar-refractivity contribution >= 4 is 0 Å². The molecule has 2 N–H and O–H groups in total. The zero-order valence-electron chi connectivity index (χ0n) is 11.1. The Labute approximate surface area is 107 Å². The minimum Gasteiger partial charge on any atom is -0.507 e. The van der Waals surface area contributed by atoms with Gasteiger partial charge in [0.25, 0.3) is 0 Å². The molecule has 2 aromatic rings. The minimum atomic E-state index is 0.382. The Morgan fingerprint density at radius 1 is 1.22 bits per heavy atom. The van der Waals surface area contributed by atoms with Gasteiger partial charge in [0.2, 0.25) is 0 Å². The molecule has 4 nitrogen and oxygen atoms in total. The SMILES string of the molecule is Cc1cccc(CNCc2cn(C)nc2C)c1O. The van der Waals surface area contributed by atoms with Gasteiger partial charge in [0.05, 0.1) is 5.69 Å². The smallest absolute Gasteiger partial charge is 0.122 e. The summed E-state index contributed by atoms with van der Waals surface area (Å²) in [6.07, 6.45) is 2.01. The van der Waals surface area contributed by atoms with E-state index in [4.69, 9.17) is 0 Å². The van der Waals surface area contributed by atoms with E-state index in [1.807, 2.05) is 50.0 Å². The molecule has 0 fully saturated rings. The molecule has 0 unspecified atom stereocenters. The molecule has 0 aliphatic carbocycles. The number of rotatable bonds is 4. The van der Waals surface area contributed by atoms with Crippen LogP contribution in [-0.4, -0.2) is 14.9 Å². The summed E-state index contributed by atoms with van der Waals surface area (Å²) in [7, 11) is 1.92. The normalized spacial score (nSPS) is 10.8. The van der Waals surface area contributed by atoms with Crippen LogP contribution in [0.1, 0.15) is 22.4 Å². The van der Waals surface area contributed by atoms with Gasteiger partial charge >= 0.3 is 0 Å². The third-order valence-corrected chi connectivity index (χ3v) is 3.07. The van der Waals surface area contributed by atoms with Crippen LogP contribution in [0.4, 0.5) is 0 Å². The van der Waals surface area contributed by atoms with Crippen molar-refractivity contribution in [1.29, 1.82) is 0 Å². The highest BCUT2D eigenvalue weighted by Gasteiger charge is 2.05. The van der Waals surface area contributed by atoms with Crippen LogP contribution in [0.25, 0.3) is 0 Å². The number of aromatic hydroxyl groups is 1. The largest absolute Gasteiger partial charge is 0.507 e. The lowest BCUT2D eigenvalue weighted by molar-refractivity contribution is 0.460. The number of nitrogens with zero attached hydrogens (tertiary/aromatic N) is 2. The molecule has 96 valence electrons. The highest BCUT2D eigenvalue weighted by Crippen LogP contribution is 2.21. The van der Waals surface area contributed by atoms with Crippen LogP contribution in [0.2, 0.25) is 0 Å². The molecular weight excluding hydrogens is 226 g/mol. The zero-order chi connectivity index (χ0) is 13.1. The predicted octanol–water partition coefficient (Wildman–Crippen LogP) is 2.03. The summed E-state index contributed by atoms with van der Waals surface area (Å²) in [6.45, 7) is 5.32. The summed E-state index contributed by atoms with van der Waals surface area (Å²) in [5.74, 6) is 0.382. The average Bonchev–Trinajstić information content (AvgIpc) is 2.63. The van der Waals surface area contributed by atoms with Gasteiger partial charge in [-0.1, -0.05) is 18.2 Å². The maximum atomic E-state index is 9.90. The summed E-state index contributed by atoms with van der Waals surface area (Å²) in [4.78, 5) is 0. The Hall–Kier alpha value is -1.81. The first-order valence-electron chi connectivity index (χ1n) is 6.05. The van der Waals surface area contributed by atoms with Gasteiger partial charge in [-0.05, 0) is 19.4 Å². The number of phenolic OH excluding ortho intramolecular Hbond substituents is 1. The molecule has 18 heavy (non-hydrogen) atoms. The molecule has 0 atom stereocenters. The van der Waals surface area contributed by atoms with E-state index in [2.05, 4.69) is 10.4 Å². The van der Waals surface area contributed by atoms with E-state index >= 15 is 0 Å². The van der Waals surface area contributed by atoms with Gasteiger partial charge in [-0.2, -0.15) is 5.10 Å². The van der Waals surface area contributed by atoms with Crippen LogP contribution in [-0.2, 0) is 20.1 Å². The summed E-state index contributed by atoms with van der Waals surface area (Å²) in [5.41, 5.74) is 4.06. The molecule has 0 aliphatic rings. The van der Waals surface area contributed by atoms with E-state index in [9.17, 15) is 5.11 Å². The minimum absolute atomic E-state index is 0.382. The second-order valence-electron chi connectivity index (χ2n) is 4.60. The van der Waals surface area contributed by atoms with Gasteiger partial charge in [-0.15, -0.1) is 0 Å². The van der Waals surface area contributed by atoms with Crippen molar-refractivity contribution in [1.82, 2.24) is 15.1 Å². The van der Waals surface area contributed by atoms with Crippen molar-refractivity contribution in [3.8, 4) is 5.75 Å². The Kier molecular flexibility index (Phi) is 3.67. The van der Waals surface area contributed by atoms with Crippen LogP contribution in [0.15, 0.2) is 24.4 Å². The van der Waals surface area contributed by atoms with E-state index < -0.39 is 0 Å². The fourth-order valence-electron chi connectivity index (χ4n) is 2.02. The molecule has 1 aromatic carbocycles. The standard InChI is InChI=1S/C14H19N3O/c1-10-5-4-6-12(14(10)18)7-15-8-13-9-17(3)16-11(13)2/h4-6,9,15,18H,7-8H2,1-3H3. The monoisotopic (exact) mass is 245 g/mol. The summed E-state index contributed by atoms with van der Waals surface area (Å²) in [6, 6.07) is 5.80. The first kappa shape index (κ1) is 12.6. The van der Waals surface area contributed by atoms with Gasteiger partial charge < -0.3 is 10.4 Å². The number of para-hydroxylation sites is 1. The number of hydrogen-bond acceptors (Lipinski definition) is 3. The molecule has 0 amide bonds. The molecule has 1 heterocycles. The van der Waals surface area contributed by atoms with Crippen molar-refractivity contribution in [2.45, 2.75) is 26.9 Å². The zero-order valence-corrected chi connectivity index (χ0v) is 11.1. The second-order valence-corrected chi connectivity index (χ2v) is 4.60. The number of aryl methyl sites for hydroxylation is 3. The van der Waals surface area contributed by atoms with Gasteiger partial charge in [0.15, 0.2) is 0 Å². The van der Waals surface area contributed by atoms with Crippen molar-refractivity contribution < 1.29 is 5.11 Å². The second kappa shape index (κ2) is 5.23. The number of hydrogen-bond donors (Lipinski definition) is 2. The van der Waals surface area contributed by atoms with Gasteiger partial charge in [-0.3, -0.25) is 4.68 Å². The van der Waals surface area contributed by atoms with E-state index in [1.165, 1.54) is 5.56 Å². The molecule has 0 saturated carbocycles. The Bertz CT molecular complexity index is 546. The van der Waals surface area contributed by atoms with Crippen molar-refractivity contribution in [3.63, 3.8) is 0 Å². The highest BCUT2D eigenvalue weighted by molar-refractivity contribution is 5.39. The van der Waals surface area contributed by atoms with E-state index in [0.717, 1.165) is 23.4 Å². The lowest BCUT2D eigenvalue weighted by atomic mass is 10.1. The number of aromatic nitrogens is 2. The molecule has 0 aliphatic heterocycles. The van der Waals surface area contributed by atoms with Crippen LogP contribution in [0.5, 0.6) is 5.75 Å². The summed E-state index contributed by atoms with van der Waals surface area (Å²) >= 11 is 0. The number of benzene rings is 1. The third kappa shape index (κ3) is 2.71. The van der Waals surface area contributed by atoms with Crippen LogP contribution < -0.4 is 5.32 Å². The molecule has 0 radical (unpaired) electrons. The Morgan fingerprint density at radius 3 is 2.61 bits per heavy atom. The molecule has 0 spiro atoms. The van der Waals surface area contributed by atoms with E-state index in [0.29, 0.717) is 12.3 Å². The highest BCUT2D eigenvalue weighted by atomic mass is 16.3. The number of phenols is 1. The maximum Gasteiger partial charge on any atom is 0.122 e. The molecule has 4 heteroatoms. The van der Waals surface area contributed by atoms with Crippen molar-refractivity contribution in [2.75, 3.05) is 0 Å². The fourth-order valence-corrected chi connectivity index (χ4v) is 2.02. The van der Waals surface area contributed by atoms with Crippen molar-refractivity contribution in [3.05, 3.63) is 46.8 Å². The van der Waals surface area contributed by atoms with Gasteiger partial charge in [-0.25, -0.2) is 0 Å². The topological polar surface area (TPSA) is 50.1 Å². The Morgan fingerprint density at radius 2 is 1.94 bits per heavy atom. The molecule has 0 bridgehead atoms. The lowest BCUT2D eigenvalue weighted by Crippen LogP contribution is -2.13. The average molecular weight is 245 g/mol. The first-order chi connectivity index (χ1) is 8.58. The Balaban J connectivity index is 1.96. The quantitative estimate of drug-likeness (QED) is 0.866. The summed E-state index contributed by atoms with van der Waals surface area (Å²) in [5, 5.41) is 17.5. The fraction of sp³-hybridized carbons (Fsp3) is 0.357. The predicted molar refractivity (Wildman–Crippen MR) is 71.3 cm³/mol. The molecular formula is C14H19N3O. The lowest BCUT2D eigenvalue weighted by Gasteiger charge is -2.08. The first-order valence-corrected chi connectivity index (χ1v) is 6.05. The van der Waals surface area contributed by atoms with Crippen molar-refractivity contribution in [2.24, 2.45) is 7.05 Å².